The Morgan fingerprint density at radius 3 is 3.00 bits per heavy atom. The number of benzene rings is 1. The first kappa shape index (κ1) is 13.3. The Kier molecular flexibility index (Phi) is 3.85. The van der Waals surface area contributed by atoms with Gasteiger partial charge >= 0.3 is 0 Å². The van der Waals surface area contributed by atoms with E-state index in [4.69, 9.17) is 4.52 Å². The third-order valence-corrected chi connectivity index (χ3v) is 4.05. The summed E-state index contributed by atoms with van der Waals surface area (Å²) >= 11 is 0. The van der Waals surface area contributed by atoms with Crippen LogP contribution < -0.4 is 10.6 Å². The maximum Gasteiger partial charge on any atom is 0.138 e. The van der Waals surface area contributed by atoms with Crippen molar-refractivity contribution in [2.45, 2.75) is 32.9 Å². The van der Waals surface area contributed by atoms with Crippen LogP contribution in [0.25, 0.3) is 0 Å². The average Bonchev–Trinajstić information content (AvgIpc) is 2.79. The van der Waals surface area contributed by atoms with E-state index in [0.29, 0.717) is 6.04 Å². The lowest BCUT2D eigenvalue weighted by atomic mass is 9.94. The Morgan fingerprint density at radius 2 is 2.20 bits per heavy atom. The molecule has 1 aliphatic rings. The molecule has 0 aliphatic carbocycles. The SMILES string of the molecule is Cc1noc(C)c1CNCC1NCCc2ccccc21. The minimum atomic E-state index is 0.389. The molecule has 2 N–H and O–H groups in total. The van der Waals surface area contributed by atoms with Crippen molar-refractivity contribution in [2.24, 2.45) is 0 Å². The van der Waals surface area contributed by atoms with Crippen molar-refractivity contribution in [3.8, 4) is 0 Å². The third kappa shape index (κ3) is 2.62. The van der Waals surface area contributed by atoms with Gasteiger partial charge in [-0.05, 0) is 37.9 Å². The largest absolute Gasteiger partial charge is 0.361 e. The zero-order chi connectivity index (χ0) is 13.9. The first-order valence-electron chi connectivity index (χ1n) is 7.19. The smallest absolute Gasteiger partial charge is 0.138 e. The van der Waals surface area contributed by atoms with Gasteiger partial charge in [0.25, 0.3) is 0 Å². The summed E-state index contributed by atoms with van der Waals surface area (Å²) in [6.07, 6.45) is 1.12. The molecule has 1 unspecified atom stereocenters. The van der Waals surface area contributed by atoms with E-state index in [9.17, 15) is 0 Å². The van der Waals surface area contributed by atoms with Gasteiger partial charge in [0.2, 0.25) is 0 Å². The van der Waals surface area contributed by atoms with Crippen molar-refractivity contribution in [1.82, 2.24) is 15.8 Å². The number of hydrogen-bond acceptors (Lipinski definition) is 4. The van der Waals surface area contributed by atoms with Crippen LogP contribution in [0.3, 0.4) is 0 Å². The van der Waals surface area contributed by atoms with E-state index in [-0.39, 0.29) is 0 Å². The van der Waals surface area contributed by atoms with Gasteiger partial charge in [0.15, 0.2) is 0 Å². The van der Waals surface area contributed by atoms with Crippen molar-refractivity contribution in [3.63, 3.8) is 0 Å². The van der Waals surface area contributed by atoms with E-state index in [0.717, 1.165) is 37.5 Å². The molecule has 20 heavy (non-hydrogen) atoms. The second-order valence-corrected chi connectivity index (χ2v) is 5.39. The number of rotatable bonds is 4. The summed E-state index contributed by atoms with van der Waals surface area (Å²) in [4.78, 5) is 0. The second-order valence-electron chi connectivity index (χ2n) is 5.39. The molecule has 2 aromatic rings. The Balaban J connectivity index is 1.63. The number of aryl methyl sites for hydroxylation is 2. The molecule has 0 amide bonds. The van der Waals surface area contributed by atoms with Crippen molar-refractivity contribution in [3.05, 3.63) is 52.4 Å². The number of fused-ring (bicyclic) bond motifs is 1. The molecule has 0 bridgehead atoms. The van der Waals surface area contributed by atoms with Crippen molar-refractivity contribution in [1.29, 1.82) is 0 Å². The molecule has 0 radical (unpaired) electrons. The van der Waals surface area contributed by atoms with E-state index in [1.165, 1.54) is 16.7 Å². The fraction of sp³-hybridized carbons (Fsp3) is 0.438. The first-order valence-corrected chi connectivity index (χ1v) is 7.19. The second kappa shape index (κ2) is 5.77. The lowest BCUT2D eigenvalue weighted by molar-refractivity contribution is 0.391. The Labute approximate surface area is 119 Å². The molecule has 2 heterocycles. The lowest BCUT2D eigenvalue weighted by Gasteiger charge is -2.27. The standard InChI is InChI=1S/C16H21N3O/c1-11-15(12(2)20-19-11)9-17-10-16-14-6-4-3-5-13(14)7-8-18-16/h3-6,16-18H,7-10H2,1-2H3. The minimum Gasteiger partial charge on any atom is -0.361 e. The van der Waals surface area contributed by atoms with Gasteiger partial charge in [-0.25, -0.2) is 0 Å². The Hall–Kier alpha value is -1.65. The van der Waals surface area contributed by atoms with Gasteiger partial charge in [0.05, 0.1) is 5.69 Å². The zero-order valence-corrected chi connectivity index (χ0v) is 12.1. The Bertz CT molecular complexity index is 572. The van der Waals surface area contributed by atoms with E-state index < -0.39 is 0 Å². The third-order valence-electron chi connectivity index (χ3n) is 4.05. The van der Waals surface area contributed by atoms with Crippen LogP contribution in [0.2, 0.25) is 0 Å². The van der Waals surface area contributed by atoms with Crippen LogP contribution in [0.1, 0.15) is 34.2 Å². The predicted octanol–water partition coefficient (Wildman–Crippen LogP) is 2.27. The molecule has 0 spiro atoms. The fourth-order valence-electron chi connectivity index (χ4n) is 2.87. The summed E-state index contributed by atoms with van der Waals surface area (Å²) in [6, 6.07) is 9.09. The number of aromatic nitrogens is 1. The first-order chi connectivity index (χ1) is 9.75. The zero-order valence-electron chi connectivity index (χ0n) is 12.1. The summed E-state index contributed by atoms with van der Waals surface area (Å²) in [7, 11) is 0. The molecule has 1 aromatic heterocycles. The highest BCUT2D eigenvalue weighted by molar-refractivity contribution is 5.32. The topological polar surface area (TPSA) is 50.1 Å². The molecule has 4 nitrogen and oxygen atoms in total. The number of nitrogens with one attached hydrogen (secondary N) is 2. The summed E-state index contributed by atoms with van der Waals surface area (Å²) < 4.78 is 5.19. The van der Waals surface area contributed by atoms with E-state index in [1.54, 1.807) is 0 Å². The maximum absolute atomic E-state index is 5.19. The van der Waals surface area contributed by atoms with Gasteiger partial charge in [-0.3, -0.25) is 0 Å². The highest BCUT2D eigenvalue weighted by Gasteiger charge is 2.18. The van der Waals surface area contributed by atoms with Gasteiger partial charge in [0.1, 0.15) is 5.76 Å². The molecule has 3 rings (SSSR count). The molecular formula is C16H21N3O. The summed E-state index contributed by atoms with van der Waals surface area (Å²) in [5, 5.41) is 11.1. The van der Waals surface area contributed by atoms with Crippen LogP contribution in [0.15, 0.2) is 28.8 Å². The van der Waals surface area contributed by atoms with Gasteiger partial charge < -0.3 is 15.2 Å². The van der Waals surface area contributed by atoms with Crippen molar-refractivity contribution >= 4 is 0 Å². The van der Waals surface area contributed by atoms with Gasteiger partial charge in [-0.2, -0.15) is 0 Å². The van der Waals surface area contributed by atoms with Crippen LogP contribution >= 0.6 is 0 Å². The van der Waals surface area contributed by atoms with Crippen LogP contribution in [0.5, 0.6) is 0 Å². The summed E-state index contributed by atoms with van der Waals surface area (Å²) in [5.74, 6) is 0.909. The van der Waals surface area contributed by atoms with Crippen LogP contribution in [-0.2, 0) is 13.0 Å². The molecule has 0 saturated heterocycles. The summed E-state index contributed by atoms with van der Waals surface area (Å²) in [5.41, 5.74) is 5.04. The molecule has 106 valence electrons. The monoisotopic (exact) mass is 271 g/mol. The van der Waals surface area contributed by atoms with E-state index in [2.05, 4.69) is 40.1 Å². The normalized spacial score (nSPS) is 18.0. The molecule has 1 aromatic carbocycles. The lowest BCUT2D eigenvalue weighted by Crippen LogP contribution is -2.36. The van der Waals surface area contributed by atoms with Gasteiger partial charge in [-0.1, -0.05) is 29.4 Å². The fourth-order valence-corrected chi connectivity index (χ4v) is 2.87. The van der Waals surface area contributed by atoms with Crippen LogP contribution in [0.4, 0.5) is 0 Å². The van der Waals surface area contributed by atoms with E-state index >= 15 is 0 Å². The highest BCUT2D eigenvalue weighted by Crippen LogP contribution is 2.22. The number of nitrogens with zero attached hydrogens (tertiary/aromatic N) is 1. The maximum atomic E-state index is 5.19. The average molecular weight is 271 g/mol. The van der Waals surface area contributed by atoms with Crippen molar-refractivity contribution in [2.75, 3.05) is 13.1 Å². The van der Waals surface area contributed by atoms with Crippen LogP contribution in [-0.4, -0.2) is 18.2 Å². The molecular weight excluding hydrogens is 250 g/mol. The molecule has 0 saturated carbocycles. The molecule has 0 fully saturated rings. The number of hydrogen-bond donors (Lipinski definition) is 2. The minimum absolute atomic E-state index is 0.389. The quantitative estimate of drug-likeness (QED) is 0.895. The summed E-state index contributed by atoms with van der Waals surface area (Å²) in [6.45, 7) is 6.73. The van der Waals surface area contributed by atoms with Crippen molar-refractivity contribution < 1.29 is 4.52 Å². The molecule has 1 aliphatic heterocycles. The van der Waals surface area contributed by atoms with Crippen LogP contribution in [0, 0.1) is 13.8 Å². The Morgan fingerprint density at radius 1 is 1.35 bits per heavy atom. The predicted molar refractivity (Wildman–Crippen MR) is 78.6 cm³/mol. The molecule has 4 heteroatoms. The van der Waals surface area contributed by atoms with Gasteiger partial charge in [-0.15, -0.1) is 0 Å². The van der Waals surface area contributed by atoms with Gasteiger partial charge in [0, 0.05) is 24.7 Å². The highest BCUT2D eigenvalue weighted by atomic mass is 16.5. The van der Waals surface area contributed by atoms with E-state index in [1.807, 2.05) is 13.8 Å². The molecule has 1 atom stereocenters.